The van der Waals surface area contributed by atoms with Gasteiger partial charge in [-0.15, -0.1) is 0 Å². The van der Waals surface area contributed by atoms with Crippen molar-refractivity contribution < 1.29 is 4.79 Å². The summed E-state index contributed by atoms with van der Waals surface area (Å²) in [7, 11) is 0. The summed E-state index contributed by atoms with van der Waals surface area (Å²) in [5, 5.41) is 0. The van der Waals surface area contributed by atoms with Crippen LogP contribution < -0.4 is 4.90 Å². The molecule has 17 heavy (non-hydrogen) atoms. The van der Waals surface area contributed by atoms with Gasteiger partial charge in [0.15, 0.2) is 0 Å². The number of hydrogen-bond acceptors (Lipinski definition) is 3. The number of rotatable bonds is 4. The van der Waals surface area contributed by atoms with Crippen molar-refractivity contribution >= 4 is 12.0 Å². The summed E-state index contributed by atoms with van der Waals surface area (Å²) in [4.78, 5) is 15.1. The van der Waals surface area contributed by atoms with Gasteiger partial charge in [-0.25, -0.2) is 0 Å². The molecule has 0 atom stereocenters. The van der Waals surface area contributed by atoms with Gasteiger partial charge in [-0.05, 0) is 19.1 Å². The van der Waals surface area contributed by atoms with E-state index in [4.69, 9.17) is 0 Å². The maximum Gasteiger partial charge on any atom is 0.121 e. The highest BCUT2D eigenvalue weighted by atomic mass is 16.1. The summed E-state index contributed by atoms with van der Waals surface area (Å²) in [6.07, 6.45) is 1.66. The molecule has 1 fully saturated rings. The molecule has 0 aliphatic carbocycles. The number of aldehydes is 1. The maximum atomic E-state index is 10.3. The lowest BCUT2D eigenvalue weighted by Crippen LogP contribution is -2.46. The van der Waals surface area contributed by atoms with Crippen LogP contribution in [0.25, 0.3) is 0 Å². The Hall–Kier alpha value is -1.35. The summed E-state index contributed by atoms with van der Waals surface area (Å²) in [6, 6.07) is 8.70. The number of carbonyl (C=O) groups is 1. The summed E-state index contributed by atoms with van der Waals surface area (Å²) in [6.45, 7) is 7.25. The van der Waals surface area contributed by atoms with Crippen molar-refractivity contribution in [2.24, 2.45) is 0 Å². The van der Waals surface area contributed by atoms with Crippen LogP contribution in [0.3, 0.4) is 0 Å². The molecule has 0 spiro atoms. The molecule has 0 saturated carbocycles. The van der Waals surface area contributed by atoms with Gasteiger partial charge in [0.2, 0.25) is 0 Å². The largest absolute Gasteiger partial charge is 0.369 e. The van der Waals surface area contributed by atoms with Crippen LogP contribution in [0.15, 0.2) is 24.3 Å². The lowest BCUT2D eigenvalue weighted by atomic mass is 10.2. The number of carbonyl (C=O) groups excluding carboxylic acids is 1. The van der Waals surface area contributed by atoms with Crippen LogP contribution in [-0.4, -0.2) is 43.9 Å². The molecule has 1 aromatic carbocycles. The lowest BCUT2D eigenvalue weighted by molar-refractivity contribution is -0.108. The van der Waals surface area contributed by atoms with Crippen LogP contribution >= 0.6 is 0 Å². The first-order valence-electron chi connectivity index (χ1n) is 6.27. The molecule has 0 amide bonds. The minimum absolute atomic E-state index is 0.657. The fourth-order valence-corrected chi connectivity index (χ4v) is 2.22. The van der Waals surface area contributed by atoms with Crippen molar-refractivity contribution in [3.8, 4) is 0 Å². The Morgan fingerprint density at radius 3 is 2.35 bits per heavy atom. The third-order valence-electron chi connectivity index (χ3n) is 3.33. The molecule has 1 aliphatic rings. The lowest BCUT2D eigenvalue weighted by Gasteiger charge is -2.35. The van der Waals surface area contributed by atoms with Gasteiger partial charge in [0.05, 0.1) is 0 Å². The third kappa shape index (κ3) is 3.30. The van der Waals surface area contributed by atoms with E-state index in [1.54, 1.807) is 0 Å². The van der Waals surface area contributed by atoms with Crippen LogP contribution in [0.1, 0.15) is 12.0 Å². The van der Waals surface area contributed by atoms with Gasteiger partial charge in [0, 0.05) is 44.8 Å². The Kier molecular flexibility index (Phi) is 4.15. The summed E-state index contributed by atoms with van der Waals surface area (Å²) in [5.41, 5.74) is 2.61. The normalized spacial score (nSPS) is 17.1. The zero-order chi connectivity index (χ0) is 12.1. The molecule has 0 unspecified atom stereocenters. The van der Waals surface area contributed by atoms with E-state index < -0.39 is 0 Å². The van der Waals surface area contributed by atoms with Gasteiger partial charge in [-0.3, -0.25) is 4.90 Å². The van der Waals surface area contributed by atoms with Gasteiger partial charge in [0.25, 0.3) is 0 Å². The Labute approximate surface area is 103 Å². The molecule has 0 radical (unpaired) electrons. The predicted molar refractivity (Wildman–Crippen MR) is 70.5 cm³/mol. The van der Waals surface area contributed by atoms with Crippen molar-refractivity contribution in [1.82, 2.24) is 4.90 Å². The molecule has 2 rings (SSSR count). The summed E-state index contributed by atoms with van der Waals surface area (Å²) in [5.74, 6) is 0. The number of anilines is 1. The standard InChI is InChI=1S/C14H20N2O/c1-13-3-5-14(6-4-13)16-10-8-15(9-11-16)7-2-12-17/h3-6,12H,2,7-11H2,1H3. The topological polar surface area (TPSA) is 23.6 Å². The molecule has 1 aromatic rings. The first kappa shape index (κ1) is 12.1. The van der Waals surface area contributed by atoms with Crippen molar-refractivity contribution in [3.05, 3.63) is 29.8 Å². The molecular formula is C14H20N2O. The van der Waals surface area contributed by atoms with E-state index in [0.29, 0.717) is 6.42 Å². The molecule has 0 aromatic heterocycles. The second-order valence-electron chi connectivity index (χ2n) is 4.62. The second kappa shape index (κ2) is 5.82. The van der Waals surface area contributed by atoms with Crippen LogP contribution in [0, 0.1) is 6.92 Å². The Balaban J connectivity index is 1.86. The average Bonchev–Trinajstić information content (AvgIpc) is 2.38. The monoisotopic (exact) mass is 232 g/mol. The molecular weight excluding hydrogens is 212 g/mol. The molecule has 0 bridgehead atoms. The van der Waals surface area contributed by atoms with Crippen molar-refractivity contribution in [3.63, 3.8) is 0 Å². The van der Waals surface area contributed by atoms with E-state index >= 15 is 0 Å². The van der Waals surface area contributed by atoms with Crippen molar-refractivity contribution in [2.45, 2.75) is 13.3 Å². The van der Waals surface area contributed by atoms with Gasteiger partial charge >= 0.3 is 0 Å². The Morgan fingerprint density at radius 1 is 1.12 bits per heavy atom. The molecule has 1 saturated heterocycles. The smallest absolute Gasteiger partial charge is 0.121 e. The first-order valence-corrected chi connectivity index (χ1v) is 6.27. The van der Waals surface area contributed by atoms with E-state index in [9.17, 15) is 4.79 Å². The minimum Gasteiger partial charge on any atom is -0.369 e. The number of aryl methyl sites for hydroxylation is 1. The maximum absolute atomic E-state index is 10.3. The van der Waals surface area contributed by atoms with Gasteiger partial charge < -0.3 is 9.69 Å². The van der Waals surface area contributed by atoms with E-state index in [-0.39, 0.29) is 0 Å². The molecule has 3 heteroatoms. The molecule has 0 N–H and O–H groups in total. The quantitative estimate of drug-likeness (QED) is 0.738. The molecule has 3 nitrogen and oxygen atoms in total. The molecule has 1 aliphatic heterocycles. The Bertz CT molecular complexity index is 353. The highest BCUT2D eigenvalue weighted by Crippen LogP contribution is 2.16. The highest BCUT2D eigenvalue weighted by Gasteiger charge is 2.16. The van der Waals surface area contributed by atoms with Crippen LogP contribution in [-0.2, 0) is 4.79 Å². The van der Waals surface area contributed by atoms with E-state index in [1.165, 1.54) is 11.3 Å². The van der Waals surface area contributed by atoms with E-state index in [1.807, 2.05) is 0 Å². The number of nitrogens with zero attached hydrogens (tertiary/aromatic N) is 2. The van der Waals surface area contributed by atoms with Gasteiger partial charge in [0.1, 0.15) is 6.29 Å². The van der Waals surface area contributed by atoms with Gasteiger partial charge in [-0.2, -0.15) is 0 Å². The second-order valence-corrected chi connectivity index (χ2v) is 4.62. The highest BCUT2D eigenvalue weighted by molar-refractivity contribution is 5.49. The first-order chi connectivity index (χ1) is 8.29. The zero-order valence-corrected chi connectivity index (χ0v) is 10.4. The van der Waals surface area contributed by atoms with E-state index in [2.05, 4.69) is 41.0 Å². The van der Waals surface area contributed by atoms with Crippen molar-refractivity contribution in [2.75, 3.05) is 37.6 Å². The number of hydrogen-bond donors (Lipinski definition) is 0. The zero-order valence-electron chi connectivity index (χ0n) is 10.4. The third-order valence-corrected chi connectivity index (χ3v) is 3.33. The van der Waals surface area contributed by atoms with Crippen molar-refractivity contribution in [1.29, 1.82) is 0 Å². The fourth-order valence-electron chi connectivity index (χ4n) is 2.22. The van der Waals surface area contributed by atoms with Gasteiger partial charge in [-0.1, -0.05) is 17.7 Å². The number of piperazine rings is 1. The van der Waals surface area contributed by atoms with Crippen LogP contribution in [0.4, 0.5) is 5.69 Å². The molecule has 92 valence electrons. The minimum atomic E-state index is 0.657. The number of benzene rings is 1. The SMILES string of the molecule is Cc1ccc(N2CCN(CCC=O)CC2)cc1. The molecule has 1 heterocycles. The predicted octanol–water partition coefficient (Wildman–Crippen LogP) is 1.71. The fraction of sp³-hybridized carbons (Fsp3) is 0.500. The van der Waals surface area contributed by atoms with Crippen LogP contribution in [0.2, 0.25) is 0 Å². The average molecular weight is 232 g/mol. The van der Waals surface area contributed by atoms with E-state index in [0.717, 1.165) is 39.0 Å². The Morgan fingerprint density at radius 2 is 1.76 bits per heavy atom. The summed E-state index contributed by atoms with van der Waals surface area (Å²) < 4.78 is 0. The van der Waals surface area contributed by atoms with Crippen LogP contribution in [0.5, 0.6) is 0 Å². The summed E-state index contributed by atoms with van der Waals surface area (Å²) >= 11 is 0.